The fraction of sp³-hybridized carbons (Fsp3) is 0.0222. The molecular weight excluding hydrogens is 611 g/mol. The lowest BCUT2D eigenvalue weighted by molar-refractivity contribution is 0.761. The van der Waals surface area contributed by atoms with E-state index < -0.39 is 5.41 Å². The Morgan fingerprint density at radius 1 is 0.480 bits per heavy atom. The van der Waals surface area contributed by atoms with E-state index in [1.807, 2.05) is 49.1 Å². The lowest BCUT2D eigenvalue weighted by atomic mass is 9.72. The van der Waals surface area contributed by atoms with Gasteiger partial charge in [-0.15, -0.1) is 0 Å². The summed E-state index contributed by atoms with van der Waals surface area (Å²) in [5, 5.41) is 2.32. The van der Waals surface area contributed by atoms with Gasteiger partial charge < -0.3 is 4.57 Å². The van der Waals surface area contributed by atoms with Crippen LogP contribution in [0.25, 0.3) is 72.3 Å². The molecule has 0 amide bonds. The van der Waals surface area contributed by atoms with Gasteiger partial charge in [0.1, 0.15) is 0 Å². The van der Waals surface area contributed by atoms with Gasteiger partial charge in [0, 0.05) is 51.7 Å². The second-order valence-electron chi connectivity index (χ2n) is 13.1. The van der Waals surface area contributed by atoms with Gasteiger partial charge in [-0.1, -0.05) is 84.9 Å². The van der Waals surface area contributed by atoms with Crippen molar-refractivity contribution in [3.63, 3.8) is 0 Å². The van der Waals surface area contributed by atoms with Gasteiger partial charge in [0.05, 0.1) is 45.9 Å². The van der Waals surface area contributed by atoms with E-state index in [0.29, 0.717) is 0 Å². The highest BCUT2D eigenvalue weighted by molar-refractivity contribution is 6.18. The zero-order valence-corrected chi connectivity index (χ0v) is 26.8. The monoisotopic (exact) mass is 637 g/mol. The molecule has 11 rings (SSSR count). The van der Waals surface area contributed by atoms with Crippen molar-refractivity contribution in [3.8, 4) is 50.5 Å². The first-order valence-corrected chi connectivity index (χ1v) is 16.9. The molecule has 0 atom stereocenters. The highest BCUT2D eigenvalue weighted by Crippen LogP contribution is 2.63. The molecule has 2 aliphatic carbocycles. The molecule has 5 nitrogen and oxygen atoms in total. The zero-order valence-electron chi connectivity index (χ0n) is 26.8. The molecule has 1 spiro atoms. The van der Waals surface area contributed by atoms with Gasteiger partial charge in [0.25, 0.3) is 0 Å². The van der Waals surface area contributed by atoms with Crippen LogP contribution in [0.3, 0.4) is 0 Å². The summed E-state index contributed by atoms with van der Waals surface area (Å²) in [4.78, 5) is 19.6. The second-order valence-corrected chi connectivity index (χ2v) is 13.1. The molecule has 2 aliphatic rings. The van der Waals surface area contributed by atoms with Crippen molar-refractivity contribution in [1.29, 1.82) is 0 Å². The number of nitrogens with zero attached hydrogens (tertiary/aromatic N) is 5. The molecule has 5 heterocycles. The number of aromatic nitrogens is 5. The Hall–Kier alpha value is -6.72. The molecule has 50 heavy (non-hydrogen) atoms. The van der Waals surface area contributed by atoms with Crippen molar-refractivity contribution >= 4 is 21.8 Å². The summed E-state index contributed by atoms with van der Waals surface area (Å²) in [6, 6.07) is 47.4. The van der Waals surface area contributed by atoms with Crippen LogP contribution < -0.4 is 0 Å². The van der Waals surface area contributed by atoms with Crippen molar-refractivity contribution in [3.05, 3.63) is 187 Å². The van der Waals surface area contributed by atoms with Gasteiger partial charge in [-0.25, -0.2) is 0 Å². The maximum atomic E-state index is 5.51. The van der Waals surface area contributed by atoms with Gasteiger partial charge in [-0.3, -0.25) is 19.9 Å². The normalized spacial score (nSPS) is 13.4. The van der Waals surface area contributed by atoms with Gasteiger partial charge in [0.2, 0.25) is 0 Å². The molecule has 0 radical (unpaired) electrons. The highest BCUT2D eigenvalue weighted by atomic mass is 15.0. The number of hydrogen-bond donors (Lipinski definition) is 0. The molecule has 0 unspecified atom stereocenters. The molecule has 0 saturated carbocycles. The Kier molecular flexibility index (Phi) is 5.53. The maximum absolute atomic E-state index is 5.51. The van der Waals surface area contributed by atoms with E-state index in [2.05, 4.69) is 125 Å². The summed E-state index contributed by atoms with van der Waals surface area (Å²) < 4.78 is 2.31. The summed E-state index contributed by atoms with van der Waals surface area (Å²) >= 11 is 0. The van der Waals surface area contributed by atoms with E-state index in [-0.39, 0.29) is 0 Å². The third-order valence-corrected chi connectivity index (χ3v) is 10.6. The van der Waals surface area contributed by atoms with Crippen LogP contribution in [0.1, 0.15) is 22.4 Å². The van der Waals surface area contributed by atoms with Crippen molar-refractivity contribution in [2.75, 3.05) is 0 Å². The first-order chi connectivity index (χ1) is 24.8. The number of pyridine rings is 4. The minimum Gasteiger partial charge on any atom is -0.306 e. The van der Waals surface area contributed by atoms with Crippen molar-refractivity contribution in [1.82, 2.24) is 24.5 Å². The molecule has 0 N–H and O–H groups in total. The fourth-order valence-electron chi connectivity index (χ4n) is 8.71. The molecule has 0 bridgehead atoms. The quantitative estimate of drug-likeness (QED) is 0.194. The first kappa shape index (κ1) is 27.3. The van der Waals surface area contributed by atoms with Crippen LogP contribution in [-0.2, 0) is 5.41 Å². The molecule has 0 saturated heterocycles. The Bertz CT molecular complexity index is 2720. The Morgan fingerprint density at radius 3 is 1.68 bits per heavy atom. The Labute approximate surface area is 288 Å². The van der Waals surface area contributed by atoms with E-state index in [1.165, 1.54) is 44.3 Å². The summed E-state index contributed by atoms with van der Waals surface area (Å²) in [6.07, 6.45) is 9.64. The van der Waals surface area contributed by atoms with Crippen molar-refractivity contribution in [2.45, 2.75) is 5.41 Å². The third kappa shape index (κ3) is 3.50. The molecule has 0 fully saturated rings. The zero-order chi connectivity index (χ0) is 32.8. The number of rotatable bonds is 3. The summed E-state index contributed by atoms with van der Waals surface area (Å²) in [5.41, 5.74) is 16.2. The molecule has 232 valence electrons. The van der Waals surface area contributed by atoms with Gasteiger partial charge in [0.15, 0.2) is 0 Å². The standard InChI is InChI=1S/C45H27N5/c1-4-14-35-31(11-1)32-12-2-5-15-36(32)45(35)37-16-6-3-13-33(37)43-42-34-19-22-46-26-40(34)50(41(42)27-49-44(43)45)30-24-28(38-17-7-9-20-47-38)23-29(25-30)39-18-8-10-21-48-39/h1-27H. The number of benzene rings is 4. The third-order valence-electron chi connectivity index (χ3n) is 10.6. The van der Waals surface area contributed by atoms with Crippen molar-refractivity contribution < 1.29 is 0 Å². The summed E-state index contributed by atoms with van der Waals surface area (Å²) in [7, 11) is 0. The van der Waals surface area contributed by atoms with Crippen LogP contribution in [0.4, 0.5) is 0 Å². The molecule has 5 heteroatoms. The first-order valence-electron chi connectivity index (χ1n) is 16.9. The molecule has 0 aliphatic heterocycles. The van der Waals surface area contributed by atoms with E-state index in [1.54, 1.807) is 0 Å². The fourth-order valence-corrected chi connectivity index (χ4v) is 8.71. The van der Waals surface area contributed by atoms with E-state index in [0.717, 1.165) is 50.3 Å². The van der Waals surface area contributed by atoms with Crippen LogP contribution >= 0.6 is 0 Å². The van der Waals surface area contributed by atoms with Crippen LogP contribution in [0.2, 0.25) is 0 Å². The minimum absolute atomic E-state index is 0.514. The van der Waals surface area contributed by atoms with Crippen LogP contribution in [0.5, 0.6) is 0 Å². The molecule has 9 aromatic rings. The predicted molar refractivity (Wildman–Crippen MR) is 199 cm³/mol. The van der Waals surface area contributed by atoms with E-state index in [4.69, 9.17) is 15.0 Å². The lowest BCUT2D eigenvalue weighted by Crippen LogP contribution is -2.26. The lowest BCUT2D eigenvalue weighted by Gasteiger charge is -2.29. The maximum Gasteiger partial charge on any atom is 0.0898 e. The molecule has 5 aromatic heterocycles. The topological polar surface area (TPSA) is 56.5 Å². The van der Waals surface area contributed by atoms with Gasteiger partial charge in [-0.2, -0.15) is 0 Å². The van der Waals surface area contributed by atoms with Crippen LogP contribution in [0.15, 0.2) is 164 Å². The summed E-state index contributed by atoms with van der Waals surface area (Å²) in [5.74, 6) is 0. The van der Waals surface area contributed by atoms with E-state index >= 15 is 0 Å². The Morgan fingerprint density at radius 2 is 1.06 bits per heavy atom. The van der Waals surface area contributed by atoms with Gasteiger partial charge in [-0.05, 0) is 81.9 Å². The molecule has 4 aromatic carbocycles. The number of hydrogen-bond acceptors (Lipinski definition) is 4. The van der Waals surface area contributed by atoms with Gasteiger partial charge >= 0.3 is 0 Å². The second kappa shape index (κ2) is 10.1. The largest absolute Gasteiger partial charge is 0.306 e. The number of fused-ring (bicyclic) bond motifs is 14. The average molecular weight is 638 g/mol. The van der Waals surface area contributed by atoms with Crippen LogP contribution in [-0.4, -0.2) is 24.5 Å². The van der Waals surface area contributed by atoms with Crippen molar-refractivity contribution in [2.24, 2.45) is 0 Å². The average Bonchev–Trinajstić information content (AvgIpc) is 3.80. The Balaban J connectivity index is 1.26. The minimum atomic E-state index is -0.514. The van der Waals surface area contributed by atoms with Crippen LogP contribution in [0, 0.1) is 0 Å². The predicted octanol–water partition coefficient (Wildman–Crippen LogP) is 10.0. The summed E-state index contributed by atoms with van der Waals surface area (Å²) in [6.45, 7) is 0. The SMILES string of the molecule is c1ccc(-c2cc(-c3ccccn3)cc(-n3c4cnccc4c4c5c(ncc43)C3(c4ccccc4-c4ccccc43)c3ccccc3-5)c2)nc1. The molecular formula is C45H27N5. The highest BCUT2D eigenvalue weighted by Gasteiger charge is 2.53. The smallest absolute Gasteiger partial charge is 0.0898 e. The van der Waals surface area contributed by atoms with E-state index in [9.17, 15) is 0 Å².